The molecule has 0 N–H and O–H groups in total. The number of rotatable bonds is 4. The molecule has 19 heavy (non-hydrogen) atoms. The Kier molecular flexibility index (Phi) is 4.06. The van der Waals surface area contributed by atoms with E-state index in [0.717, 1.165) is 0 Å². The summed E-state index contributed by atoms with van der Waals surface area (Å²) in [6, 6.07) is 21.8. The highest BCUT2D eigenvalue weighted by atomic mass is 28.3. The van der Waals surface area contributed by atoms with E-state index in [4.69, 9.17) is 0 Å². The molecule has 0 saturated carbocycles. The molecule has 1 heteroatoms. The van der Waals surface area contributed by atoms with Gasteiger partial charge in [0.25, 0.3) is 0 Å². The average Bonchev–Trinajstić information content (AvgIpc) is 2.41. The van der Waals surface area contributed by atoms with Crippen LogP contribution in [0.25, 0.3) is 0 Å². The molecule has 98 valence electrons. The minimum Gasteiger partial charge on any atom is -0.103 e. The largest absolute Gasteiger partial charge is 0.145 e. The molecule has 0 aliphatic carbocycles. The fourth-order valence-corrected chi connectivity index (χ4v) is 8.30. The van der Waals surface area contributed by atoms with Crippen molar-refractivity contribution in [2.75, 3.05) is 0 Å². The zero-order valence-electron chi connectivity index (χ0n) is 12.1. The fraction of sp³-hybridized carbons (Fsp3) is 0.222. The second-order valence-electron chi connectivity index (χ2n) is 5.48. The van der Waals surface area contributed by atoms with Crippen LogP contribution in [-0.2, 0) is 0 Å². The van der Waals surface area contributed by atoms with Crippen molar-refractivity contribution < 1.29 is 0 Å². The highest BCUT2D eigenvalue weighted by Gasteiger charge is 2.41. The van der Waals surface area contributed by atoms with E-state index in [0.29, 0.717) is 5.54 Å². The molecule has 2 aromatic rings. The number of hydrogen-bond acceptors (Lipinski definition) is 0. The Morgan fingerprint density at radius 1 is 0.842 bits per heavy atom. The number of benzene rings is 2. The maximum Gasteiger partial charge on any atom is 0.145 e. The molecule has 0 aliphatic heterocycles. The Balaban J connectivity index is 2.73. The van der Waals surface area contributed by atoms with Crippen LogP contribution in [0.1, 0.15) is 20.8 Å². The van der Waals surface area contributed by atoms with Gasteiger partial charge in [-0.2, -0.15) is 0 Å². The fourth-order valence-electron chi connectivity index (χ4n) is 3.22. The van der Waals surface area contributed by atoms with Gasteiger partial charge in [-0.1, -0.05) is 79.7 Å². The van der Waals surface area contributed by atoms with Gasteiger partial charge in [-0.15, -0.1) is 6.58 Å². The summed E-state index contributed by atoms with van der Waals surface area (Å²) in [6.45, 7) is 11.2. The molecule has 0 aliphatic rings. The smallest absolute Gasteiger partial charge is 0.103 e. The summed E-state index contributed by atoms with van der Waals surface area (Å²) >= 11 is 0. The second kappa shape index (κ2) is 5.58. The molecule has 0 spiro atoms. The first-order valence-electron chi connectivity index (χ1n) is 6.87. The first-order valence-corrected chi connectivity index (χ1v) is 8.95. The van der Waals surface area contributed by atoms with Gasteiger partial charge in [0.15, 0.2) is 0 Å². The molecule has 0 radical (unpaired) electrons. The number of allylic oxidation sites excluding steroid dienone is 1. The van der Waals surface area contributed by atoms with Crippen molar-refractivity contribution in [3.05, 3.63) is 72.4 Å². The predicted octanol–water partition coefficient (Wildman–Crippen LogP) is 3.77. The number of hydrogen-bond donors (Lipinski definition) is 0. The highest BCUT2D eigenvalue weighted by Crippen LogP contribution is 2.27. The van der Waals surface area contributed by atoms with Crippen LogP contribution in [0.2, 0.25) is 5.54 Å². The molecular weight excluding hydrogens is 244 g/mol. The van der Waals surface area contributed by atoms with E-state index in [-0.39, 0.29) is 0 Å². The molecule has 0 unspecified atom stereocenters. The van der Waals surface area contributed by atoms with Crippen molar-refractivity contribution in [1.29, 1.82) is 0 Å². The van der Waals surface area contributed by atoms with Gasteiger partial charge < -0.3 is 0 Å². The van der Waals surface area contributed by atoms with Crippen molar-refractivity contribution in [1.82, 2.24) is 0 Å². The average molecular weight is 266 g/mol. The summed E-state index contributed by atoms with van der Waals surface area (Å²) < 4.78 is 0. The van der Waals surface area contributed by atoms with E-state index in [1.165, 1.54) is 15.6 Å². The Labute approximate surface area is 117 Å². The molecule has 0 fully saturated rings. The van der Waals surface area contributed by atoms with Gasteiger partial charge in [0.1, 0.15) is 8.07 Å². The molecule has 0 amide bonds. The lowest BCUT2D eigenvalue weighted by atomic mass is 10.4. The van der Waals surface area contributed by atoms with Crippen molar-refractivity contribution in [2.24, 2.45) is 0 Å². The van der Waals surface area contributed by atoms with Crippen LogP contribution in [0.4, 0.5) is 0 Å². The zero-order chi connectivity index (χ0) is 13.9. The highest BCUT2D eigenvalue weighted by molar-refractivity contribution is 7.08. The molecule has 0 nitrogen and oxygen atoms in total. The summed E-state index contributed by atoms with van der Waals surface area (Å²) in [5.41, 5.74) is 0.592. The van der Waals surface area contributed by atoms with Crippen molar-refractivity contribution >= 4 is 18.4 Å². The zero-order valence-corrected chi connectivity index (χ0v) is 13.1. The van der Waals surface area contributed by atoms with Crippen LogP contribution in [-0.4, -0.2) is 8.07 Å². The summed E-state index contributed by atoms with van der Waals surface area (Å²) in [5, 5.41) is 4.26. The van der Waals surface area contributed by atoms with Gasteiger partial charge in [0, 0.05) is 0 Å². The Morgan fingerprint density at radius 3 is 1.47 bits per heavy atom. The molecule has 0 saturated heterocycles. The minimum absolute atomic E-state index is 0.592. The van der Waals surface area contributed by atoms with Gasteiger partial charge in [-0.05, 0) is 22.8 Å². The first-order chi connectivity index (χ1) is 9.10. The van der Waals surface area contributed by atoms with Crippen molar-refractivity contribution in [3.8, 4) is 0 Å². The van der Waals surface area contributed by atoms with E-state index in [1.807, 2.05) is 0 Å². The lowest BCUT2D eigenvalue weighted by molar-refractivity contribution is 1.03. The van der Waals surface area contributed by atoms with Crippen LogP contribution >= 0.6 is 0 Å². The van der Waals surface area contributed by atoms with Gasteiger partial charge in [0.05, 0.1) is 0 Å². The van der Waals surface area contributed by atoms with E-state index >= 15 is 0 Å². The molecule has 2 aromatic carbocycles. The van der Waals surface area contributed by atoms with Crippen LogP contribution in [0, 0.1) is 0 Å². The first kappa shape index (κ1) is 13.8. The standard InChI is InChI=1S/C18H22Si/c1-15(2)19(16(3)4,17-11-7-5-8-12-17)18-13-9-6-10-14-18/h5-14,16H,1H2,2-4H3. The van der Waals surface area contributed by atoms with Gasteiger partial charge in [-0.25, -0.2) is 0 Å². The molecular formula is C18H22Si. The summed E-state index contributed by atoms with van der Waals surface area (Å²) in [5.74, 6) is 0. The lowest BCUT2D eigenvalue weighted by Gasteiger charge is -2.37. The van der Waals surface area contributed by atoms with Crippen LogP contribution in [0.15, 0.2) is 72.4 Å². The predicted molar refractivity (Wildman–Crippen MR) is 87.8 cm³/mol. The van der Waals surface area contributed by atoms with Gasteiger partial charge >= 0.3 is 0 Å². The molecule has 0 heterocycles. The third-order valence-corrected chi connectivity index (χ3v) is 9.56. The Bertz CT molecular complexity index is 501. The van der Waals surface area contributed by atoms with E-state index < -0.39 is 8.07 Å². The molecule has 2 rings (SSSR count). The quantitative estimate of drug-likeness (QED) is 0.739. The van der Waals surface area contributed by atoms with E-state index in [1.54, 1.807) is 0 Å². The summed E-state index contributed by atoms with van der Waals surface area (Å²) in [4.78, 5) is 0. The van der Waals surface area contributed by atoms with Crippen LogP contribution in [0.5, 0.6) is 0 Å². The topological polar surface area (TPSA) is 0 Å². The molecule has 0 aromatic heterocycles. The van der Waals surface area contributed by atoms with Crippen molar-refractivity contribution in [3.63, 3.8) is 0 Å². The van der Waals surface area contributed by atoms with E-state index in [2.05, 4.69) is 88.0 Å². The maximum atomic E-state index is 4.36. The SMILES string of the molecule is C=C(C)[Si](c1ccccc1)(c1ccccc1)C(C)C. The van der Waals surface area contributed by atoms with Gasteiger partial charge in [0.2, 0.25) is 0 Å². The van der Waals surface area contributed by atoms with Crippen molar-refractivity contribution in [2.45, 2.75) is 26.3 Å². The Morgan fingerprint density at radius 2 is 1.21 bits per heavy atom. The molecule has 0 bridgehead atoms. The Hall–Kier alpha value is -1.60. The summed E-state index contributed by atoms with van der Waals surface area (Å²) in [7, 11) is -1.90. The lowest BCUT2D eigenvalue weighted by Crippen LogP contribution is -2.61. The van der Waals surface area contributed by atoms with Crippen LogP contribution < -0.4 is 10.4 Å². The summed E-state index contributed by atoms with van der Waals surface area (Å²) in [6.07, 6.45) is 0. The van der Waals surface area contributed by atoms with E-state index in [9.17, 15) is 0 Å². The third-order valence-electron chi connectivity index (χ3n) is 4.00. The minimum atomic E-state index is -1.90. The normalized spacial score (nSPS) is 11.6. The second-order valence-corrected chi connectivity index (χ2v) is 10.3. The van der Waals surface area contributed by atoms with Crippen LogP contribution in [0.3, 0.4) is 0 Å². The third kappa shape index (κ3) is 2.31. The maximum absolute atomic E-state index is 4.36. The monoisotopic (exact) mass is 266 g/mol. The van der Waals surface area contributed by atoms with Gasteiger partial charge in [-0.3, -0.25) is 0 Å². The molecule has 0 atom stereocenters.